The first-order valence-electron chi connectivity index (χ1n) is 4.33. The minimum atomic E-state index is -3.88. The van der Waals surface area contributed by atoms with Crippen LogP contribution < -0.4 is 5.14 Å². The number of aliphatic imine (C=N–C) groups is 1. The molecule has 0 aliphatic carbocycles. The summed E-state index contributed by atoms with van der Waals surface area (Å²) in [4.78, 5) is 15.2. The van der Waals surface area contributed by atoms with Crippen LogP contribution in [0.15, 0.2) is 16.6 Å². The number of fused-ring (bicyclic) bond motifs is 1. The standard InChI is InChI=1S/C8H10N2O4S/c1-4-2-5-3-14-8(11)6(5)7(10-4)15(9,12)13/h2,6-7H,3H2,1H3,(H2,9,12,13). The van der Waals surface area contributed by atoms with E-state index >= 15 is 0 Å². The normalized spacial score (nSPS) is 30.4. The van der Waals surface area contributed by atoms with Crippen molar-refractivity contribution in [1.82, 2.24) is 0 Å². The molecule has 0 saturated carbocycles. The van der Waals surface area contributed by atoms with Crippen molar-refractivity contribution in [3.63, 3.8) is 0 Å². The number of sulfonamides is 1. The number of ether oxygens (including phenoxy) is 1. The molecule has 2 aliphatic rings. The highest BCUT2D eigenvalue weighted by molar-refractivity contribution is 7.89. The Morgan fingerprint density at radius 1 is 1.60 bits per heavy atom. The van der Waals surface area contributed by atoms with E-state index in [9.17, 15) is 13.2 Å². The molecule has 2 atom stereocenters. The summed E-state index contributed by atoms with van der Waals surface area (Å²) in [6.07, 6.45) is 1.66. The first kappa shape index (κ1) is 10.3. The number of nitrogens with zero attached hydrogens (tertiary/aromatic N) is 1. The number of esters is 1. The predicted octanol–water partition coefficient (Wildman–Crippen LogP) is -0.825. The maximum Gasteiger partial charge on any atom is 0.316 e. The third kappa shape index (κ3) is 1.68. The molecule has 0 radical (unpaired) electrons. The summed E-state index contributed by atoms with van der Waals surface area (Å²) in [5.74, 6) is -1.43. The highest BCUT2D eigenvalue weighted by atomic mass is 32.2. The maximum atomic E-state index is 11.3. The Kier molecular flexibility index (Phi) is 2.16. The zero-order valence-electron chi connectivity index (χ0n) is 8.00. The van der Waals surface area contributed by atoms with Gasteiger partial charge in [0.2, 0.25) is 10.0 Å². The van der Waals surface area contributed by atoms with Gasteiger partial charge in [0, 0.05) is 5.71 Å². The lowest BCUT2D eigenvalue weighted by Gasteiger charge is -2.19. The van der Waals surface area contributed by atoms with Crippen molar-refractivity contribution in [2.45, 2.75) is 12.3 Å². The van der Waals surface area contributed by atoms with E-state index in [0.29, 0.717) is 11.3 Å². The summed E-state index contributed by atoms with van der Waals surface area (Å²) < 4.78 is 27.3. The van der Waals surface area contributed by atoms with Gasteiger partial charge in [-0.25, -0.2) is 13.6 Å². The zero-order valence-corrected chi connectivity index (χ0v) is 8.82. The van der Waals surface area contributed by atoms with Crippen LogP contribution in [-0.4, -0.2) is 32.1 Å². The van der Waals surface area contributed by atoms with Gasteiger partial charge in [-0.2, -0.15) is 0 Å². The fourth-order valence-electron chi connectivity index (χ4n) is 1.76. The van der Waals surface area contributed by atoms with Crippen LogP contribution >= 0.6 is 0 Å². The van der Waals surface area contributed by atoms with Crippen LogP contribution in [0.1, 0.15) is 6.92 Å². The monoisotopic (exact) mass is 230 g/mol. The molecule has 2 aliphatic heterocycles. The van der Waals surface area contributed by atoms with E-state index in [0.717, 1.165) is 0 Å². The molecule has 0 aromatic heterocycles. The molecule has 1 saturated heterocycles. The van der Waals surface area contributed by atoms with E-state index in [1.165, 1.54) is 0 Å². The highest BCUT2D eigenvalue weighted by Crippen LogP contribution is 2.31. The predicted molar refractivity (Wildman–Crippen MR) is 52.5 cm³/mol. The third-order valence-electron chi connectivity index (χ3n) is 2.38. The van der Waals surface area contributed by atoms with Crippen molar-refractivity contribution in [1.29, 1.82) is 0 Å². The topological polar surface area (TPSA) is 98.8 Å². The SMILES string of the molecule is CC1=NC(S(N)(=O)=O)C2C(=O)OCC2=C1. The molecular weight excluding hydrogens is 220 g/mol. The fraction of sp³-hybridized carbons (Fsp3) is 0.500. The lowest BCUT2D eigenvalue weighted by Crippen LogP contribution is -2.38. The zero-order chi connectivity index (χ0) is 11.2. The van der Waals surface area contributed by atoms with E-state index in [1.807, 2.05) is 0 Å². The summed E-state index contributed by atoms with van der Waals surface area (Å²) >= 11 is 0. The molecule has 2 N–H and O–H groups in total. The molecule has 1 fully saturated rings. The first-order valence-corrected chi connectivity index (χ1v) is 5.93. The Labute approximate surface area is 86.9 Å². The van der Waals surface area contributed by atoms with Crippen LogP contribution in [-0.2, 0) is 19.6 Å². The molecular formula is C8H10N2O4S. The van der Waals surface area contributed by atoms with Gasteiger partial charge in [0.05, 0.1) is 0 Å². The van der Waals surface area contributed by atoms with Crippen molar-refractivity contribution in [3.05, 3.63) is 11.6 Å². The summed E-state index contributed by atoms with van der Waals surface area (Å²) in [7, 11) is -3.88. The Bertz CT molecular complexity index is 477. The molecule has 0 amide bonds. The molecule has 7 heteroatoms. The molecule has 0 aromatic carbocycles. The fourth-order valence-corrected chi connectivity index (χ4v) is 2.74. The van der Waals surface area contributed by atoms with Crippen LogP contribution in [0.4, 0.5) is 0 Å². The van der Waals surface area contributed by atoms with Crippen molar-refractivity contribution < 1.29 is 17.9 Å². The molecule has 2 unspecified atom stereocenters. The molecule has 2 heterocycles. The molecule has 6 nitrogen and oxygen atoms in total. The third-order valence-corrected chi connectivity index (χ3v) is 3.43. The van der Waals surface area contributed by atoms with Crippen LogP contribution in [0.3, 0.4) is 0 Å². The molecule has 2 rings (SSSR count). The van der Waals surface area contributed by atoms with E-state index < -0.39 is 27.3 Å². The molecule has 0 aromatic rings. The van der Waals surface area contributed by atoms with Crippen LogP contribution in [0.25, 0.3) is 0 Å². The number of dihydropyridines is 1. The molecule has 0 spiro atoms. The number of hydrogen-bond acceptors (Lipinski definition) is 5. The van der Waals surface area contributed by atoms with E-state index in [4.69, 9.17) is 9.88 Å². The van der Waals surface area contributed by atoms with Crippen molar-refractivity contribution in [3.8, 4) is 0 Å². The van der Waals surface area contributed by atoms with E-state index in [2.05, 4.69) is 4.99 Å². The van der Waals surface area contributed by atoms with E-state index in [1.54, 1.807) is 13.0 Å². The molecule has 82 valence electrons. The minimum absolute atomic E-state index is 0.127. The van der Waals surface area contributed by atoms with Crippen molar-refractivity contribution in [2.75, 3.05) is 6.61 Å². The van der Waals surface area contributed by atoms with Gasteiger partial charge in [0.1, 0.15) is 12.5 Å². The second kappa shape index (κ2) is 3.14. The summed E-state index contributed by atoms with van der Waals surface area (Å²) in [5.41, 5.74) is 1.17. The maximum absolute atomic E-state index is 11.3. The number of primary sulfonamides is 1. The van der Waals surface area contributed by atoms with Gasteiger partial charge in [-0.05, 0) is 18.6 Å². The Morgan fingerprint density at radius 2 is 2.27 bits per heavy atom. The number of carbonyl (C=O) groups excluding carboxylic acids is 1. The number of rotatable bonds is 1. The Morgan fingerprint density at radius 3 is 2.87 bits per heavy atom. The number of allylic oxidation sites excluding steroid dienone is 1. The summed E-state index contributed by atoms with van der Waals surface area (Å²) in [6.45, 7) is 1.78. The lowest BCUT2D eigenvalue weighted by atomic mass is 9.98. The average molecular weight is 230 g/mol. The number of cyclic esters (lactones) is 1. The second-order valence-electron chi connectivity index (χ2n) is 3.55. The van der Waals surface area contributed by atoms with Gasteiger partial charge in [0.15, 0.2) is 5.37 Å². The second-order valence-corrected chi connectivity index (χ2v) is 5.22. The van der Waals surface area contributed by atoms with E-state index in [-0.39, 0.29) is 6.61 Å². The lowest BCUT2D eigenvalue weighted by molar-refractivity contribution is -0.141. The Hall–Kier alpha value is -1.21. The molecule has 0 bridgehead atoms. The number of hydrogen-bond donors (Lipinski definition) is 1. The van der Waals surface area contributed by atoms with Gasteiger partial charge < -0.3 is 4.74 Å². The van der Waals surface area contributed by atoms with Crippen LogP contribution in [0.5, 0.6) is 0 Å². The van der Waals surface area contributed by atoms with Crippen molar-refractivity contribution >= 4 is 21.7 Å². The van der Waals surface area contributed by atoms with Gasteiger partial charge in [0.25, 0.3) is 0 Å². The number of nitrogens with two attached hydrogens (primary N) is 1. The minimum Gasteiger partial charge on any atom is -0.461 e. The van der Waals surface area contributed by atoms with Crippen molar-refractivity contribution in [2.24, 2.45) is 16.0 Å². The van der Waals surface area contributed by atoms with Gasteiger partial charge >= 0.3 is 5.97 Å². The smallest absolute Gasteiger partial charge is 0.316 e. The van der Waals surface area contributed by atoms with Crippen LogP contribution in [0.2, 0.25) is 0 Å². The largest absolute Gasteiger partial charge is 0.461 e. The highest BCUT2D eigenvalue weighted by Gasteiger charge is 2.45. The van der Waals surface area contributed by atoms with Gasteiger partial charge in [-0.3, -0.25) is 9.79 Å². The number of carbonyl (C=O) groups is 1. The average Bonchev–Trinajstić information content (AvgIpc) is 2.44. The quantitative estimate of drug-likeness (QED) is 0.594. The van der Waals surface area contributed by atoms with Gasteiger partial charge in [-0.1, -0.05) is 0 Å². The Balaban J connectivity index is 2.49. The van der Waals surface area contributed by atoms with Gasteiger partial charge in [-0.15, -0.1) is 0 Å². The first-order chi connectivity index (χ1) is 6.89. The summed E-state index contributed by atoms with van der Waals surface area (Å²) in [5, 5.41) is 3.79. The van der Waals surface area contributed by atoms with Crippen LogP contribution in [0, 0.1) is 5.92 Å². The summed E-state index contributed by atoms with van der Waals surface area (Å²) in [6, 6.07) is 0. The molecule has 15 heavy (non-hydrogen) atoms.